The van der Waals surface area contributed by atoms with Gasteiger partial charge in [-0.2, -0.15) is 0 Å². The van der Waals surface area contributed by atoms with Gasteiger partial charge in [-0.25, -0.2) is 0 Å². The van der Waals surface area contributed by atoms with Crippen LogP contribution in [-0.4, -0.2) is 0 Å². The van der Waals surface area contributed by atoms with Gasteiger partial charge in [-0.3, -0.25) is 0 Å². The number of rotatable bonds is 7. The third kappa shape index (κ3) is 5.00. The topological polar surface area (TPSA) is 0 Å². The van der Waals surface area contributed by atoms with Crippen LogP contribution in [0.25, 0.3) is 205 Å². The van der Waals surface area contributed by atoms with Crippen LogP contribution in [0.5, 0.6) is 0 Å². The first-order valence-corrected chi connectivity index (χ1v) is 51.9. The largest absolute Gasteiger partial charge is 0.0733 e. The molecule has 0 nitrogen and oxygen atoms in total. The molecule has 19 aliphatic carbocycles. The summed E-state index contributed by atoms with van der Waals surface area (Å²) in [7, 11) is 0. The molecule has 0 spiro atoms. The molecule has 25 aromatic rings. The summed E-state index contributed by atoms with van der Waals surface area (Å²) in [5.41, 5.74) is 55.3. The minimum atomic E-state index is -0.839. The van der Waals surface area contributed by atoms with E-state index in [4.69, 9.17) is 0 Å². The Morgan fingerprint density at radius 2 is 0.416 bits per heavy atom. The lowest BCUT2D eigenvalue weighted by molar-refractivity contribution is 0.558. The first-order chi connectivity index (χ1) is 65.8. The first kappa shape index (κ1) is 67.6. The van der Waals surface area contributed by atoms with Gasteiger partial charge in [0.25, 0.3) is 0 Å². The molecule has 0 aromatic heterocycles. The van der Waals surface area contributed by atoms with Crippen molar-refractivity contribution in [2.24, 2.45) is 0 Å². The lowest BCUT2D eigenvalue weighted by Crippen LogP contribution is -2.50. The molecule has 3 unspecified atom stereocenters. The summed E-state index contributed by atoms with van der Waals surface area (Å²) >= 11 is 0. The van der Waals surface area contributed by atoms with Crippen molar-refractivity contribution < 1.29 is 0 Å². The van der Waals surface area contributed by atoms with Crippen molar-refractivity contribution in [3.63, 3.8) is 0 Å². The SMILES string of the molecule is Cc1ccc(C23c4c5c6c7c8c4c4c2c2c9c%10c4c4c%11c%12c%13c(c84)[C@]7(c4ccc(C(C)(C)C)cc4)c4c7c8c%14c4c=%13c4c%13c%15c%16c%17c%18c%19c%20c(c9c9c%21c2c2c%22c%23c(c-5c(c5c%23c%23c(c(c%14%13)c%13c%15c%18c%14c%13c%23c%22c%21c%14c%199)C58c5ccc(C(C)(C)C)cc5)[C@]67c5ccc(C(C)(C)C)cc5)[C@@H]23)C%10(c2ccc(C(C)(C)C)cc2)C%11=C(C=%12[C@@]4%16c2ccc(C(C)(C)C)cc2)[C@]%20%17c2ccc(C(C)(C)C)cc2)cc1. The molecule has 8 atom stereocenters. The highest BCUT2D eigenvalue weighted by Crippen LogP contribution is 2.93. The smallest absolute Gasteiger partial charge is 0.0590 e. The summed E-state index contributed by atoms with van der Waals surface area (Å²) in [6.07, 6.45) is 0. The molecule has 0 heteroatoms. The minimum absolute atomic E-state index is 0.0432. The van der Waals surface area contributed by atoms with Gasteiger partial charge in [-0.1, -0.05) is 300 Å². The van der Waals surface area contributed by atoms with Crippen molar-refractivity contribution in [2.75, 3.05) is 0 Å². The maximum Gasteiger partial charge on any atom is 0.0733 e. The van der Waals surface area contributed by atoms with Gasteiger partial charge in [0.05, 0.1) is 37.9 Å². The highest BCUT2D eigenvalue weighted by atomic mass is 14.8. The third-order valence-electron chi connectivity index (χ3n) is 43.7. The molecule has 634 valence electrons. The molecule has 0 fully saturated rings. The molecule has 137 heavy (non-hydrogen) atoms. The Morgan fingerprint density at radius 1 is 0.161 bits per heavy atom. The predicted octanol–water partition coefficient (Wildman–Crippen LogP) is 31.8. The Kier molecular flexibility index (Phi) is 8.53. The number of hydrogen-bond donors (Lipinski definition) is 0. The Labute approximate surface area is 787 Å². The average Bonchev–Trinajstić information content (AvgIpc) is 1.37. The van der Waals surface area contributed by atoms with Crippen LogP contribution in [0, 0.1) is 17.4 Å². The van der Waals surface area contributed by atoms with Crippen LogP contribution in [0.1, 0.15) is 320 Å². The molecule has 0 aliphatic heterocycles. The van der Waals surface area contributed by atoms with E-state index in [-0.39, 0.29) is 38.4 Å². The van der Waals surface area contributed by atoms with Gasteiger partial charge < -0.3 is 0 Å². The molecule has 0 N–H and O–H groups in total. The number of hydrogen-bond acceptors (Lipinski definition) is 0. The van der Waals surface area contributed by atoms with E-state index in [9.17, 15) is 0 Å². The van der Waals surface area contributed by atoms with Crippen molar-refractivity contribution in [3.05, 3.63) is 380 Å². The summed E-state index contributed by atoms with van der Waals surface area (Å²) < 4.78 is 0. The summed E-state index contributed by atoms with van der Waals surface area (Å²) in [4.78, 5) is 0. The zero-order valence-electron chi connectivity index (χ0n) is 80.2. The van der Waals surface area contributed by atoms with Gasteiger partial charge in [0, 0.05) is 5.92 Å². The normalized spacial score (nSPS) is 25.1. The quantitative estimate of drug-likeness (QED) is 0.110. The third-order valence-corrected chi connectivity index (χ3v) is 43.7. The molecule has 25 aromatic carbocycles. The van der Waals surface area contributed by atoms with Gasteiger partial charge in [0.1, 0.15) is 0 Å². The van der Waals surface area contributed by atoms with Gasteiger partial charge >= 0.3 is 0 Å². The second-order valence-corrected chi connectivity index (χ2v) is 53.9. The Hall–Kier alpha value is -13.5. The molecule has 0 amide bonds. The fourth-order valence-corrected chi connectivity index (χ4v) is 40.4. The highest BCUT2D eigenvalue weighted by Gasteiger charge is 2.80. The molecule has 0 bridgehead atoms. The van der Waals surface area contributed by atoms with E-state index >= 15 is 0 Å². The molecular formula is C137H86. The first-order valence-electron chi connectivity index (χ1n) is 51.9. The van der Waals surface area contributed by atoms with Crippen molar-refractivity contribution in [2.45, 2.75) is 208 Å². The zero-order valence-corrected chi connectivity index (χ0v) is 80.2. The zero-order chi connectivity index (χ0) is 89.8. The fourth-order valence-electron chi connectivity index (χ4n) is 40.4. The lowest BCUT2D eigenvalue weighted by Gasteiger charge is -2.55. The second-order valence-electron chi connectivity index (χ2n) is 53.9. The van der Waals surface area contributed by atoms with E-state index in [2.05, 4.69) is 301 Å². The second kappa shape index (κ2) is 17.3. The molecule has 0 saturated carbocycles. The van der Waals surface area contributed by atoms with E-state index < -0.39 is 37.9 Å². The van der Waals surface area contributed by atoms with Crippen LogP contribution < -0.4 is 5.22 Å². The van der Waals surface area contributed by atoms with Gasteiger partial charge in [-0.05, 0) is 450 Å². The van der Waals surface area contributed by atoms with E-state index in [0.717, 1.165) is 0 Å². The molecule has 0 heterocycles. The highest BCUT2D eigenvalue weighted by molar-refractivity contribution is 6.69. The molecule has 44 rings (SSSR count). The lowest BCUT2D eigenvalue weighted by atomic mass is 9.44. The Bertz CT molecular complexity index is 11500. The number of benzene rings is 22. The molecule has 19 aliphatic rings. The maximum absolute atomic E-state index is 2.81. The predicted molar refractivity (Wildman–Crippen MR) is 565 cm³/mol. The summed E-state index contributed by atoms with van der Waals surface area (Å²) in [6, 6.07) is 76.3. The molecule has 0 saturated heterocycles. The molecule has 0 radical (unpaired) electrons. The van der Waals surface area contributed by atoms with Crippen LogP contribution in [0.4, 0.5) is 0 Å². The number of aryl methyl sites for hydroxylation is 1. The minimum Gasteiger partial charge on any atom is -0.0590 e. The summed E-state index contributed by atoms with van der Waals surface area (Å²) in [5.74, 6) is -0.0432. The standard InChI is InChI=1S/C137H86/c1-48-20-22-55(23-21-48)131-104-79-73-65-62-63-64-66-68(65)81-91-76(73)83(104)102-103-110(131)98-95-85-78-86-99(98)116-122(103)137(61-46-34-54(35-47-61)130(17,18)19)117(102)113(91)132(56-36-24-49(25-37-56)125(2,3)4)105(81)80-69(66)74-71(64)89-88-70(63)72-67(62)75(79)82(106(95)131)94-90(72)112-115(88)136(60-44-32-53(33-45-60)129(14,15)16)114(89)111-87(74)84-77(80)92-100-96-97(109(86)135(116,121(100)124(137)118(92)132)59-42-30-52(31-43-59)128(11,12)13)101-93(78)119(133(112,108(85)94)57-38-26-50(27-39-57)126(5,6)7)123(136)120(101)134(111,107(84)96)58-40-28-51(29-41-58)127(8,9)10/h20-47,104H,1-19H3/t104-,131?,132?,133?,134+,135+,136+,137-/m1/s1. The van der Waals surface area contributed by atoms with Crippen molar-refractivity contribution in [1.82, 2.24) is 0 Å². The van der Waals surface area contributed by atoms with Crippen molar-refractivity contribution in [1.29, 1.82) is 0 Å². The van der Waals surface area contributed by atoms with E-state index in [1.807, 2.05) is 0 Å². The molecular weight excluding hydrogens is 1650 g/mol. The number of allylic oxidation sites excluding steroid dienone is 2. The average molecular weight is 1730 g/mol. The summed E-state index contributed by atoms with van der Waals surface area (Å²) in [6.45, 7) is 46.9. The van der Waals surface area contributed by atoms with Crippen LogP contribution in [0.2, 0.25) is 0 Å². The van der Waals surface area contributed by atoms with Crippen LogP contribution in [0.3, 0.4) is 0 Å². The Morgan fingerprint density at radius 3 is 0.876 bits per heavy atom. The van der Waals surface area contributed by atoms with Gasteiger partial charge in [0.15, 0.2) is 0 Å². The van der Waals surface area contributed by atoms with Gasteiger partial charge in [-0.15, -0.1) is 0 Å². The van der Waals surface area contributed by atoms with E-state index in [0.29, 0.717) is 0 Å². The fraction of sp³-hybridized carbons (Fsp3) is 0.241. The summed E-state index contributed by atoms with van der Waals surface area (Å²) in [5, 5.41) is 59.8. The Balaban J connectivity index is 0.893. The van der Waals surface area contributed by atoms with Crippen molar-refractivity contribution >= 4 is 194 Å². The van der Waals surface area contributed by atoms with Gasteiger partial charge in [0.2, 0.25) is 0 Å². The maximum atomic E-state index is 2.81. The van der Waals surface area contributed by atoms with Crippen molar-refractivity contribution in [3.8, 4) is 11.1 Å². The van der Waals surface area contributed by atoms with Crippen LogP contribution in [-0.2, 0) is 70.4 Å². The van der Waals surface area contributed by atoms with Crippen LogP contribution >= 0.6 is 0 Å². The monoisotopic (exact) mass is 1730 g/mol. The van der Waals surface area contributed by atoms with E-state index in [1.54, 1.807) is 338 Å². The van der Waals surface area contributed by atoms with Crippen LogP contribution in [0.15, 0.2) is 175 Å². The van der Waals surface area contributed by atoms with E-state index in [1.165, 1.54) is 77.9 Å².